The minimum Gasteiger partial charge on any atom is -0.491 e. The van der Waals surface area contributed by atoms with E-state index in [-0.39, 0.29) is 5.82 Å². The summed E-state index contributed by atoms with van der Waals surface area (Å²) in [7, 11) is 0. The standard InChI is InChI=1S/C25H20FN5O/c1-15-29-21-6-2-17(11-23(21)30-15)16-3-7-24-18(10-16)13-31(8-9-32-24)25-20-5-4-19(26)12-22(20)27-14-28-25/h2-7,10-12,14H,8-9,13H2,1H3,(H,29,30). The number of ether oxygens (including phenoxy) is 1. The maximum absolute atomic E-state index is 13.7. The van der Waals surface area contributed by atoms with Crippen LogP contribution in [0, 0.1) is 12.7 Å². The molecular weight excluding hydrogens is 405 g/mol. The Hall–Kier alpha value is -4.00. The van der Waals surface area contributed by atoms with Crippen LogP contribution in [0.25, 0.3) is 33.1 Å². The van der Waals surface area contributed by atoms with Gasteiger partial charge in [-0.05, 0) is 54.4 Å². The Morgan fingerprint density at radius 1 is 0.969 bits per heavy atom. The van der Waals surface area contributed by atoms with Crippen LogP contribution in [0.1, 0.15) is 11.4 Å². The van der Waals surface area contributed by atoms with Crippen LogP contribution >= 0.6 is 0 Å². The molecule has 7 heteroatoms. The van der Waals surface area contributed by atoms with E-state index in [2.05, 4.69) is 49.1 Å². The summed E-state index contributed by atoms with van der Waals surface area (Å²) in [5.74, 6) is 2.26. The molecule has 0 unspecified atom stereocenters. The molecule has 32 heavy (non-hydrogen) atoms. The second-order valence-electron chi connectivity index (χ2n) is 8.01. The molecule has 3 aromatic carbocycles. The van der Waals surface area contributed by atoms with Gasteiger partial charge in [0.2, 0.25) is 0 Å². The van der Waals surface area contributed by atoms with Gasteiger partial charge in [-0.3, -0.25) is 0 Å². The van der Waals surface area contributed by atoms with Gasteiger partial charge < -0.3 is 14.6 Å². The summed E-state index contributed by atoms with van der Waals surface area (Å²) < 4.78 is 19.7. The number of rotatable bonds is 2. The van der Waals surface area contributed by atoms with E-state index in [0.717, 1.165) is 50.5 Å². The molecule has 0 radical (unpaired) electrons. The van der Waals surface area contributed by atoms with Crippen molar-refractivity contribution in [2.75, 3.05) is 18.1 Å². The van der Waals surface area contributed by atoms with E-state index in [1.165, 1.54) is 18.5 Å². The lowest BCUT2D eigenvalue weighted by molar-refractivity contribution is 0.331. The zero-order valence-corrected chi connectivity index (χ0v) is 17.5. The fourth-order valence-corrected chi connectivity index (χ4v) is 4.34. The van der Waals surface area contributed by atoms with Crippen molar-refractivity contribution in [3.8, 4) is 16.9 Å². The number of H-pyrrole nitrogens is 1. The summed E-state index contributed by atoms with van der Waals surface area (Å²) in [6.07, 6.45) is 1.49. The quantitative estimate of drug-likeness (QED) is 0.430. The Kier molecular flexibility index (Phi) is 4.28. The molecule has 0 spiro atoms. The average molecular weight is 425 g/mol. The molecule has 0 fully saturated rings. The molecule has 0 bridgehead atoms. The van der Waals surface area contributed by atoms with Gasteiger partial charge in [0.25, 0.3) is 0 Å². The van der Waals surface area contributed by atoms with Gasteiger partial charge in [0.05, 0.1) is 23.1 Å². The molecule has 0 saturated carbocycles. The number of nitrogens with zero attached hydrogens (tertiary/aromatic N) is 4. The number of anilines is 1. The highest BCUT2D eigenvalue weighted by Gasteiger charge is 2.20. The van der Waals surface area contributed by atoms with Gasteiger partial charge in [-0.2, -0.15) is 0 Å². The summed E-state index contributed by atoms with van der Waals surface area (Å²) in [5, 5.41) is 0.827. The predicted octanol–water partition coefficient (Wildman–Crippen LogP) is 5.02. The first-order valence-electron chi connectivity index (χ1n) is 10.5. The molecule has 1 N–H and O–H groups in total. The Labute approximate surface area is 183 Å². The first-order valence-corrected chi connectivity index (χ1v) is 10.5. The van der Waals surface area contributed by atoms with Crippen LogP contribution < -0.4 is 9.64 Å². The van der Waals surface area contributed by atoms with E-state index in [9.17, 15) is 4.39 Å². The number of nitrogens with one attached hydrogen (secondary N) is 1. The third kappa shape index (κ3) is 3.22. The number of aryl methyl sites for hydroxylation is 1. The van der Waals surface area contributed by atoms with Crippen LogP contribution in [-0.4, -0.2) is 33.1 Å². The van der Waals surface area contributed by atoms with Crippen LogP contribution in [0.2, 0.25) is 0 Å². The van der Waals surface area contributed by atoms with Crippen LogP contribution in [-0.2, 0) is 6.54 Å². The average Bonchev–Trinajstić information content (AvgIpc) is 3.04. The number of hydrogen-bond acceptors (Lipinski definition) is 5. The molecule has 1 aliphatic rings. The van der Waals surface area contributed by atoms with Gasteiger partial charge in [0.15, 0.2) is 0 Å². The highest BCUT2D eigenvalue weighted by atomic mass is 19.1. The minimum atomic E-state index is -0.305. The smallest absolute Gasteiger partial charge is 0.140 e. The lowest BCUT2D eigenvalue weighted by Gasteiger charge is -2.22. The molecule has 5 aromatic rings. The summed E-state index contributed by atoms with van der Waals surface area (Å²) >= 11 is 0. The Morgan fingerprint density at radius 3 is 2.78 bits per heavy atom. The van der Waals surface area contributed by atoms with Crippen molar-refractivity contribution in [3.05, 3.63) is 78.1 Å². The number of hydrogen-bond donors (Lipinski definition) is 1. The maximum atomic E-state index is 13.7. The molecule has 2 aromatic heterocycles. The highest BCUT2D eigenvalue weighted by molar-refractivity contribution is 5.89. The summed E-state index contributed by atoms with van der Waals surface area (Å²) in [4.78, 5) is 18.7. The van der Waals surface area contributed by atoms with Crippen LogP contribution in [0.5, 0.6) is 5.75 Å². The zero-order valence-electron chi connectivity index (χ0n) is 17.5. The number of fused-ring (bicyclic) bond motifs is 3. The van der Waals surface area contributed by atoms with E-state index in [1.807, 2.05) is 19.1 Å². The van der Waals surface area contributed by atoms with Crippen molar-refractivity contribution < 1.29 is 9.13 Å². The van der Waals surface area contributed by atoms with Crippen LogP contribution in [0.4, 0.5) is 10.2 Å². The number of aromatic nitrogens is 4. The topological polar surface area (TPSA) is 66.9 Å². The molecule has 1 aliphatic heterocycles. The molecule has 0 amide bonds. The van der Waals surface area contributed by atoms with E-state index in [4.69, 9.17) is 4.74 Å². The third-order valence-electron chi connectivity index (χ3n) is 5.85. The Balaban J connectivity index is 1.39. The molecule has 3 heterocycles. The van der Waals surface area contributed by atoms with Gasteiger partial charge in [-0.25, -0.2) is 19.3 Å². The van der Waals surface area contributed by atoms with Gasteiger partial charge in [-0.1, -0.05) is 12.1 Å². The van der Waals surface area contributed by atoms with Crippen molar-refractivity contribution in [1.82, 2.24) is 19.9 Å². The van der Waals surface area contributed by atoms with Crippen molar-refractivity contribution in [2.45, 2.75) is 13.5 Å². The fourth-order valence-electron chi connectivity index (χ4n) is 4.34. The van der Waals surface area contributed by atoms with E-state index in [0.29, 0.717) is 25.2 Å². The molecule has 0 saturated heterocycles. The Bertz CT molecular complexity index is 1480. The van der Waals surface area contributed by atoms with Crippen LogP contribution in [0.3, 0.4) is 0 Å². The molecule has 6 rings (SSSR count). The largest absolute Gasteiger partial charge is 0.491 e. The number of benzene rings is 3. The second-order valence-corrected chi connectivity index (χ2v) is 8.01. The van der Waals surface area contributed by atoms with Crippen molar-refractivity contribution in [3.63, 3.8) is 0 Å². The first kappa shape index (κ1) is 18.7. The van der Waals surface area contributed by atoms with E-state index >= 15 is 0 Å². The summed E-state index contributed by atoms with van der Waals surface area (Å²) in [5.41, 5.74) is 5.88. The molecule has 0 atom stereocenters. The second kappa shape index (κ2) is 7.30. The normalized spacial score (nSPS) is 13.8. The number of halogens is 1. The van der Waals surface area contributed by atoms with E-state index in [1.54, 1.807) is 6.07 Å². The Morgan fingerprint density at radius 2 is 1.84 bits per heavy atom. The SMILES string of the molecule is Cc1nc2ccc(-c3ccc4c(c3)CN(c3ncnc5cc(F)ccc35)CCO4)cc2[nH]1. The zero-order chi connectivity index (χ0) is 21.7. The third-order valence-corrected chi connectivity index (χ3v) is 5.85. The summed E-state index contributed by atoms with van der Waals surface area (Å²) in [6.45, 7) is 3.81. The number of aromatic amines is 1. The van der Waals surface area contributed by atoms with Crippen molar-refractivity contribution in [1.29, 1.82) is 0 Å². The van der Waals surface area contributed by atoms with Crippen molar-refractivity contribution in [2.24, 2.45) is 0 Å². The van der Waals surface area contributed by atoms with Crippen LogP contribution in [0.15, 0.2) is 60.9 Å². The van der Waals surface area contributed by atoms with E-state index < -0.39 is 0 Å². The molecule has 6 nitrogen and oxygen atoms in total. The molecule has 158 valence electrons. The monoisotopic (exact) mass is 425 g/mol. The maximum Gasteiger partial charge on any atom is 0.140 e. The van der Waals surface area contributed by atoms with Gasteiger partial charge in [0.1, 0.15) is 36.1 Å². The highest BCUT2D eigenvalue weighted by Crippen LogP contribution is 2.33. The summed E-state index contributed by atoms with van der Waals surface area (Å²) in [6, 6.07) is 17.2. The minimum absolute atomic E-state index is 0.305. The van der Waals surface area contributed by atoms with Crippen molar-refractivity contribution >= 4 is 27.8 Å². The lowest BCUT2D eigenvalue weighted by atomic mass is 10.0. The predicted molar refractivity (Wildman–Crippen MR) is 122 cm³/mol. The fraction of sp³-hybridized carbons (Fsp3) is 0.160. The van der Waals surface area contributed by atoms with Gasteiger partial charge in [-0.15, -0.1) is 0 Å². The first-order chi connectivity index (χ1) is 15.6. The lowest BCUT2D eigenvalue weighted by Crippen LogP contribution is -2.26. The van der Waals surface area contributed by atoms with Gasteiger partial charge >= 0.3 is 0 Å². The molecular formula is C25H20FN5O. The van der Waals surface area contributed by atoms with Gasteiger partial charge in [0, 0.05) is 23.6 Å². The molecule has 0 aliphatic carbocycles. The number of imidazole rings is 1.